The largest absolute Gasteiger partial charge is 0.497 e. The van der Waals surface area contributed by atoms with Gasteiger partial charge in [-0.25, -0.2) is 9.38 Å². The zero-order valence-corrected chi connectivity index (χ0v) is 21.1. The van der Waals surface area contributed by atoms with E-state index in [1.807, 2.05) is 0 Å². The predicted molar refractivity (Wildman–Crippen MR) is 134 cm³/mol. The summed E-state index contributed by atoms with van der Waals surface area (Å²) in [6.45, 7) is 0. The van der Waals surface area contributed by atoms with Crippen molar-refractivity contribution < 1.29 is 36.7 Å². The van der Waals surface area contributed by atoms with Gasteiger partial charge in [-0.2, -0.15) is 13.2 Å². The number of nitrogens with one attached hydrogen (secondary N) is 2. The zero-order chi connectivity index (χ0) is 28.3. The number of para-hydroxylation sites is 1. The standard InChI is InChI=1S/C27H28F4N4O4/c1-39-16-5-2-4-15(13-16)21-18-6-3-7-20(28)22(18)34-26(38)24(33-21)35-25(37)19(12-14-8-9-14)17(23(32)36)10-11-27(29,30)31/h2-7,13-14,17,19,24H,8-12H2,1H3,(H2,32,36)(H,34,38)(H,35,37)/t17-,19+,24-/m1/s1. The Labute approximate surface area is 222 Å². The van der Waals surface area contributed by atoms with Crippen LogP contribution in [0.4, 0.5) is 23.2 Å². The summed E-state index contributed by atoms with van der Waals surface area (Å²) in [6.07, 6.45) is -6.37. The third-order valence-electron chi connectivity index (χ3n) is 6.86. The van der Waals surface area contributed by atoms with Gasteiger partial charge in [-0.05, 0) is 37.0 Å². The molecule has 4 N–H and O–H groups in total. The lowest BCUT2D eigenvalue weighted by Crippen LogP contribution is -2.48. The number of rotatable bonds is 10. The maximum Gasteiger partial charge on any atom is 0.389 e. The molecule has 0 saturated heterocycles. The van der Waals surface area contributed by atoms with E-state index in [-0.39, 0.29) is 29.3 Å². The third kappa shape index (κ3) is 6.92. The van der Waals surface area contributed by atoms with Crippen LogP contribution >= 0.6 is 0 Å². The fourth-order valence-electron chi connectivity index (χ4n) is 4.66. The number of methoxy groups -OCH3 is 1. The summed E-state index contributed by atoms with van der Waals surface area (Å²) in [6, 6.07) is 10.8. The maximum atomic E-state index is 14.8. The minimum atomic E-state index is -4.54. The first-order chi connectivity index (χ1) is 18.5. The molecule has 8 nitrogen and oxygen atoms in total. The summed E-state index contributed by atoms with van der Waals surface area (Å²) in [7, 11) is 1.46. The van der Waals surface area contributed by atoms with Crippen LogP contribution in [0, 0.1) is 23.6 Å². The fourth-order valence-corrected chi connectivity index (χ4v) is 4.66. The summed E-state index contributed by atoms with van der Waals surface area (Å²) >= 11 is 0. The van der Waals surface area contributed by atoms with E-state index in [4.69, 9.17) is 10.5 Å². The number of hydrogen-bond acceptors (Lipinski definition) is 5. The Morgan fingerprint density at radius 1 is 1.18 bits per heavy atom. The number of halogens is 4. The molecule has 0 aromatic heterocycles. The van der Waals surface area contributed by atoms with Gasteiger partial charge in [0.2, 0.25) is 18.0 Å². The van der Waals surface area contributed by atoms with E-state index in [1.54, 1.807) is 30.3 Å². The Bertz CT molecular complexity index is 1290. The first kappa shape index (κ1) is 28.1. The average Bonchev–Trinajstić information content (AvgIpc) is 3.71. The lowest BCUT2D eigenvalue weighted by Gasteiger charge is -2.26. The Hall–Kier alpha value is -3.96. The molecule has 1 aliphatic heterocycles. The van der Waals surface area contributed by atoms with Crippen LogP contribution in [0.2, 0.25) is 0 Å². The lowest BCUT2D eigenvalue weighted by molar-refractivity contribution is -0.146. The van der Waals surface area contributed by atoms with Crippen LogP contribution in [0.5, 0.6) is 5.75 Å². The quantitative estimate of drug-likeness (QED) is 0.390. The monoisotopic (exact) mass is 548 g/mol. The van der Waals surface area contributed by atoms with E-state index in [9.17, 15) is 31.9 Å². The number of carbonyl (C=O) groups is 3. The minimum absolute atomic E-state index is 0.0608. The molecular weight excluding hydrogens is 520 g/mol. The second-order valence-corrected chi connectivity index (χ2v) is 9.72. The molecule has 208 valence electrons. The molecule has 3 atom stereocenters. The number of benzodiazepines with no additional fused rings is 1. The number of nitrogens with two attached hydrogens (primary N) is 1. The smallest absolute Gasteiger partial charge is 0.389 e. The highest BCUT2D eigenvalue weighted by Gasteiger charge is 2.41. The normalized spacial score (nSPS) is 18.6. The Balaban J connectivity index is 1.69. The van der Waals surface area contributed by atoms with Crippen LogP contribution < -0.4 is 21.1 Å². The molecule has 0 spiro atoms. The number of benzene rings is 2. The van der Waals surface area contributed by atoms with Gasteiger partial charge >= 0.3 is 6.18 Å². The summed E-state index contributed by atoms with van der Waals surface area (Å²) < 4.78 is 58.9. The van der Waals surface area contributed by atoms with Crippen molar-refractivity contribution in [1.29, 1.82) is 0 Å². The Morgan fingerprint density at radius 2 is 1.90 bits per heavy atom. The molecule has 3 amide bonds. The van der Waals surface area contributed by atoms with Gasteiger partial charge < -0.3 is 21.1 Å². The van der Waals surface area contributed by atoms with E-state index >= 15 is 0 Å². The summed E-state index contributed by atoms with van der Waals surface area (Å²) in [5.41, 5.74) is 6.19. The molecule has 2 aromatic rings. The predicted octanol–water partition coefficient (Wildman–Crippen LogP) is 3.93. The molecule has 2 aliphatic rings. The van der Waals surface area contributed by atoms with Gasteiger partial charge in [0.05, 0.1) is 18.5 Å². The average molecular weight is 549 g/mol. The van der Waals surface area contributed by atoms with Gasteiger partial charge in [0, 0.05) is 29.4 Å². The van der Waals surface area contributed by atoms with Crippen molar-refractivity contribution in [2.24, 2.45) is 28.5 Å². The molecule has 0 radical (unpaired) electrons. The van der Waals surface area contributed by atoms with Crippen molar-refractivity contribution >= 4 is 29.1 Å². The number of aliphatic imine (C=N–C) groups is 1. The van der Waals surface area contributed by atoms with Gasteiger partial charge in [0.15, 0.2) is 0 Å². The SMILES string of the molecule is COc1cccc(C2=N[C@H](NC(=O)[C@@H](CC3CC3)[C@@H](CCC(F)(F)F)C(N)=O)C(=O)Nc3c(F)cccc32)c1. The minimum Gasteiger partial charge on any atom is -0.497 e. The highest BCUT2D eigenvalue weighted by atomic mass is 19.4. The topological polar surface area (TPSA) is 123 Å². The number of carbonyl (C=O) groups excluding carboxylic acids is 3. The van der Waals surface area contributed by atoms with E-state index in [1.165, 1.54) is 13.2 Å². The first-order valence-electron chi connectivity index (χ1n) is 12.4. The number of alkyl halides is 3. The van der Waals surface area contributed by atoms with Gasteiger partial charge in [-0.15, -0.1) is 0 Å². The number of amides is 3. The molecular formula is C27H28F4N4O4. The van der Waals surface area contributed by atoms with E-state index in [2.05, 4.69) is 15.6 Å². The fraction of sp³-hybridized carbons (Fsp3) is 0.407. The maximum absolute atomic E-state index is 14.8. The number of anilines is 1. The lowest BCUT2D eigenvalue weighted by atomic mass is 9.83. The van der Waals surface area contributed by atoms with Crippen LogP contribution in [0.1, 0.15) is 43.2 Å². The van der Waals surface area contributed by atoms with Crippen molar-refractivity contribution in [3.8, 4) is 5.75 Å². The van der Waals surface area contributed by atoms with Gasteiger partial charge in [-0.3, -0.25) is 14.4 Å². The molecule has 1 saturated carbocycles. The molecule has 4 rings (SSSR count). The van der Waals surface area contributed by atoms with Crippen LogP contribution in [-0.2, 0) is 14.4 Å². The number of ether oxygens (including phenoxy) is 1. The van der Waals surface area contributed by atoms with Crippen molar-refractivity contribution in [2.75, 3.05) is 12.4 Å². The third-order valence-corrected chi connectivity index (χ3v) is 6.86. The molecule has 0 bridgehead atoms. The van der Waals surface area contributed by atoms with E-state index < -0.39 is 60.6 Å². The van der Waals surface area contributed by atoms with Gasteiger partial charge in [-0.1, -0.05) is 37.1 Å². The molecule has 1 heterocycles. The zero-order valence-electron chi connectivity index (χ0n) is 21.1. The number of primary amides is 1. The number of fused-ring (bicyclic) bond motifs is 1. The van der Waals surface area contributed by atoms with Crippen molar-refractivity contribution in [2.45, 2.75) is 44.4 Å². The van der Waals surface area contributed by atoms with Crippen molar-refractivity contribution in [3.05, 3.63) is 59.4 Å². The molecule has 1 fully saturated rings. The van der Waals surface area contributed by atoms with Crippen molar-refractivity contribution in [3.63, 3.8) is 0 Å². The molecule has 1 aliphatic carbocycles. The van der Waals surface area contributed by atoms with E-state index in [0.29, 0.717) is 11.3 Å². The highest BCUT2D eigenvalue weighted by molar-refractivity contribution is 6.20. The van der Waals surface area contributed by atoms with Crippen LogP contribution in [0.3, 0.4) is 0 Å². The van der Waals surface area contributed by atoms with Crippen molar-refractivity contribution in [1.82, 2.24) is 5.32 Å². The highest BCUT2D eigenvalue weighted by Crippen LogP contribution is 2.39. The van der Waals surface area contributed by atoms with Gasteiger partial charge in [0.25, 0.3) is 5.91 Å². The summed E-state index contributed by atoms with van der Waals surface area (Å²) in [4.78, 5) is 43.2. The van der Waals surface area contributed by atoms with E-state index in [0.717, 1.165) is 18.9 Å². The van der Waals surface area contributed by atoms with Gasteiger partial charge in [0.1, 0.15) is 11.6 Å². The summed E-state index contributed by atoms with van der Waals surface area (Å²) in [5, 5.41) is 4.92. The molecule has 39 heavy (non-hydrogen) atoms. The van der Waals surface area contributed by atoms with Crippen LogP contribution in [0.25, 0.3) is 0 Å². The van der Waals surface area contributed by atoms with Crippen LogP contribution in [-0.4, -0.2) is 42.9 Å². The van der Waals surface area contributed by atoms with Crippen LogP contribution in [0.15, 0.2) is 47.5 Å². The summed E-state index contributed by atoms with van der Waals surface area (Å²) in [5.74, 6) is -5.49. The second-order valence-electron chi connectivity index (χ2n) is 9.72. The first-order valence-corrected chi connectivity index (χ1v) is 12.4. The Kier molecular flexibility index (Phi) is 8.22. The second kappa shape index (κ2) is 11.4. The molecule has 2 aromatic carbocycles. The molecule has 12 heteroatoms. The number of hydrogen-bond donors (Lipinski definition) is 3. The number of nitrogens with zero attached hydrogens (tertiary/aromatic N) is 1. The Morgan fingerprint density at radius 3 is 2.54 bits per heavy atom. The molecule has 0 unspecified atom stereocenters.